The second kappa shape index (κ2) is 7.24. The average Bonchev–Trinajstić information content (AvgIpc) is 3.41. The van der Waals surface area contributed by atoms with Crippen LogP contribution < -0.4 is 10.6 Å². The third-order valence-electron chi connectivity index (χ3n) is 6.56. The van der Waals surface area contributed by atoms with Crippen molar-refractivity contribution in [2.75, 3.05) is 18.4 Å². The lowest BCUT2D eigenvalue weighted by Crippen LogP contribution is -2.38. The summed E-state index contributed by atoms with van der Waals surface area (Å²) in [7, 11) is -0.752. The number of carbonyl (C=O) groups is 1. The average molecular weight is 399 g/mol. The van der Waals surface area contributed by atoms with Gasteiger partial charge in [0, 0.05) is 31.2 Å². The lowest BCUT2D eigenvalue weighted by molar-refractivity contribution is -0.118. The minimum absolute atomic E-state index is 0.182. The molecule has 3 heterocycles. The number of nitrogens with one attached hydrogen (secondary N) is 2. The largest absolute Gasteiger partial charge is 0.326 e. The number of piperidine rings is 1. The summed E-state index contributed by atoms with van der Waals surface area (Å²) in [6, 6.07) is 22.7. The van der Waals surface area contributed by atoms with Crippen LogP contribution in [-0.2, 0) is 4.79 Å². The van der Waals surface area contributed by atoms with E-state index in [1.165, 1.54) is 5.56 Å². The maximum atomic E-state index is 13.3. The zero-order chi connectivity index (χ0) is 19.8. The van der Waals surface area contributed by atoms with Crippen molar-refractivity contribution in [1.29, 1.82) is 0 Å². The van der Waals surface area contributed by atoms with E-state index in [9.17, 15) is 4.79 Å². The van der Waals surface area contributed by atoms with Crippen molar-refractivity contribution in [3.05, 3.63) is 84.7 Å². The number of amides is 1. The van der Waals surface area contributed by atoms with Gasteiger partial charge in [0.1, 0.15) is 0 Å². The molecule has 29 heavy (non-hydrogen) atoms. The van der Waals surface area contributed by atoms with E-state index in [-0.39, 0.29) is 10.9 Å². The first-order chi connectivity index (χ1) is 14.2. The van der Waals surface area contributed by atoms with E-state index < -0.39 is 8.80 Å². The number of carbonyl (C=O) groups excluding carboxylic acids is 1. The van der Waals surface area contributed by atoms with Crippen LogP contribution in [0.4, 0.5) is 5.69 Å². The first-order valence-electron chi connectivity index (χ1n) is 10.1. The van der Waals surface area contributed by atoms with Crippen molar-refractivity contribution in [3.63, 3.8) is 0 Å². The zero-order valence-corrected chi connectivity index (χ0v) is 17.4. The molecule has 1 radical (unpaired) electrons. The number of aromatic nitrogens is 1. The van der Waals surface area contributed by atoms with Gasteiger partial charge in [-0.25, -0.2) is 0 Å². The lowest BCUT2D eigenvalue weighted by Gasteiger charge is -2.29. The summed E-state index contributed by atoms with van der Waals surface area (Å²) in [6.45, 7) is 4.08. The smallest absolute Gasteiger partial charge is 0.228 e. The quantitative estimate of drug-likeness (QED) is 0.644. The Morgan fingerprint density at radius 2 is 1.86 bits per heavy atom. The van der Waals surface area contributed by atoms with E-state index in [1.807, 2.05) is 42.6 Å². The van der Waals surface area contributed by atoms with E-state index in [0.29, 0.717) is 11.5 Å². The van der Waals surface area contributed by atoms with Crippen LogP contribution in [0.1, 0.15) is 11.5 Å². The van der Waals surface area contributed by atoms with Crippen molar-refractivity contribution < 1.29 is 4.79 Å². The Kier molecular flexibility index (Phi) is 4.57. The maximum absolute atomic E-state index is 13.3. The van der Waals surface area contributed by atoms with Gasteiger partial charge in [-0.05, 0) is 46.3 Å². The fourth-order valence-corrected chi connectivity index (χ4v) is 8.67. The fraction of sp³-hybridized carbons (Fsp3) is 0.250. The van der Waals surface area contributed by atoms with Crippen molar-refractivity contribution in [2.45, 2.75) is 23.0 Å². The fourth-order valence-electron chi connectivity index (χ4n) is 4.94. The van der Waals surface area contributed by atoms with Gasteiger partial charge in [0.15, 0.2) is 0 Å². The zero-order valence-electron chi connectivity index (χ0n) is 16.4. The van der Waals surface area contributed by atoms with Gasteiger partial charge >= 0.3 is 0 Å². The topological polar surface area (TPSA) is 54.0 Å². The predicted octanol–water partition coefficient (Wildman–Crippen LogP) is 4.32. The van der Waals surface area contributed by atoms with E-state index in [4.69, 9.17) is 0 Å². The van der Waals surface area contributed by atoms with Crippen molar-refractivity contribution in [2.24, 2.45) is 0 Å². The molecule has 3 aromatic rings. The number of fused-ring (bicyclic) bond motifs is 1. The first-order valence-corrected chi connectivity index (χ1v) is 12.2. The molecule has 0 spiro atoms. The maximum Gasteiger partial charge on any atom is 0.228 e. The third-order valence-corrected chi connectivity index (χ3v) is 10.2. The summed E-state index contributed by atoms with van der Waals surface area (Å²) >= 11 is 0. The van der Waals surface area contributed by atoms with Gasteiger partial charge in [-0.3, -0.25) is 9.78 Å². The standard InChI is InChI=1S/C24H24N3OSi/c1-29-22-21(18-6-3-2-4-7-18)15-26-16-24(22,29)23(28)27-20-11-9-17(10-12-20)19-8-5-13-25-14-19/h2-14,21-22,26H,15-16H2,1H3,(H,27,28)/t21-,22?,24-/m0/s1. The van der Waals surface area contributed by atoms with Crippen LogP contribution in [0.5, 0.6) is 0 Å². The van der Waals surface area contributed by atoms with Gasteiger partial charge in [0.2, 0.25) is 5.91 Å². The summed E-state index contributed by atoms with van der Waals surface area (Å²) in [6.07, 6.45) is 3.62. The molecule has 1 unspecified atom stereocenters. The minimum Gasteiger partial charge on any atom is -0.326 e. The Bertz CT molecular complexity index is 1010. The van der Waals surface area contributed by atoms with E-state index in [1.54, 1.807) is 6.20 Å². The molecule has 3 atom stereocenters. The van der Waals surface area contributed by atoms with Crippen LogP contribution in [0.2, 0.25) is 17.1 Å². The SMILES string of the molecule is C[Si]1C2[C@H](c3ccccc3)CNC[C@@]21C(=O)Nc1ccc(-c2cccnc2)cc1. The number of hydrogen-bond acceptors (Lipinski definition) is 3. The Morgan fingerprint density at radius 1 is 1.07 bits per heavy atom. The number of pyridine rings is 1. The van der Waals surface area contributed by atoms with Crippen LogP contribution in [0.15, 0.2) is 79.1 Å². The van der Waals surface area contributed by atoms with E-state index in [2.05, 4.69) is 52.5 Å². The summed E-state index contributed by atoms with van der Waals surface area (Å²) < 4.78 is 0. The normalized spacial score (nSPS) is 25.8. The molecule has 1 aromatic heterocycles. The van der Waals surface area contributed by atoms with Gasteiger partial charge in [0.25, 0.3) is 0 Å². The molecule has 2 aliphatic heterocycles. The molecule has 145 valence electrons. The van der Waals surface area contributed by atoms with Crippen molar-refractivity contribution in [3.8, 4) is 11.1 Å². The molecule has 5 rings (SSSR count). The Hall–Kier alpha value is -2.76. The van der Waals surface area contributed by atoms with Crippen molar-refractivity contribution in [1.82, 2.24) is 10.3 Å². The second-order valence-corrected chi connectivity index (χ2v) is 10.9. The number of hydrogen-bond donors (Lipinski definition) is 2. The molecule has 2 aromatic carbocycles. The Balaban J connectivity index is 1.33. The van der Waals surface area contributed by atoms with Crippen LogP contribution in [-0.4, -0.2) is 32.8 Å². The molecular weight excluding hydrogens is 374 g/mol. The van der Waals surface area contributed by atoms with E-state index in [0.717, 1.165) is 29.9 Å². The van der Waals surface area contributed by atoms with Gasteiger partial charge in [0.05, 0.1) is 13.8 Å². The number of benzene rings is 2. The van der Waals surface area contributed by atoms with Crippen LogP contribution in [0, 0.1) is 0 Å². The first kappa shape index (κ1) is 18.3. The van der Waals surface area contributed by atoms with Crippen LogP contribution >= 0.6 is 0 Å². The monoisotopic (exact) mass is 398 g/mol. The molecule has 5 heteroatoms. The molecule has 2 aliphatic rings. The Morgan fingerprint density at radius 3 is 2.59 bits per heavy atom. The molecule has 2 fully saturated rings. The van der Waals surface area contributed by atoms with Crippen molar-refractivity contribution >= 4 is 20.4 Å². The number of rotatable bonds is 4. The molecule has 1 amide bonds. The summed E-state index contributed by atoms with van der Waals surface area (Å²) in [5, 5.41) is 6.54. The van der Waals surface area contributed by atoms with Crippen LogP contribution in [0.3, 0.4) is 0 Å². The molecule has 2 saturated heterocycles. The highest BCUT2D eigenvalue weighted by atomic mass is 28.3. The number of anilines is 1. The van der Waals surface area contributed by atoms with Gasteiger partial charge in [-0.2, -0.15) is 0 Å². The number of nitrogens with zero attached hydrogens (tertiary/aromatic N) is 1. The highest BCUT2D eigenvalue weighted by molar-refractivity contribution is 6.81. The summed E-state index contributed by atoms with van der Waals surface area (Å²) in [5.74, 6) is 0.615. The molecule has 0 saturated carbocycles. The Labute approximate surface area is 173 Å². The lowest BCUT2D eigenvalue weighted by atomic mass is 9.85. The predicted molar refractivity (Wildman–Crippen MR) is 118 cm³/mol. The highest BCUT2D eigenvalue weighted by Crippen LogP contribution is 2.70. The van der Waals surface area contributed by atoms with E-state index >= 15 is 0 Å². The summed E-state index contributed by atoms with van der Waals surface area (Å²) in [5.41, 5.74) is 4.88. The molecule has 2 N–H and O–H groups in total. The van der Waals surface area contributed by atoms with Crippen LogP contribution in [0.25, 0.3) is 11.1 Å². The van der Waals surface area contributed by atoms with Gasteiger partial charge < -0.3 is 10.6 Å². The minimum atomic E-state index is -0.752. The second-order valence-electron chi connectivity index (χ2n) is 8.05. The highest BCUT2D eigenvalue weighted by Gasteiger charge is 2.71. The van der Waals surface area contributed by atoms with Gasteiger partial charge in [-0.1, -0.05) is 55.1 Å². The molecule has 0 bridgehead atoms. The molecule has 4 nitrogen and oxygen atoms in total. The molecule has 0 aliphatic carbocycles. The van der Waals surface area contributed by atoms with Gasteiger partial charge in [-0.15, -0.1) is 0 Å². The molecular formula is C24H24N3OSi. The third kappa shape index (κ3) is 3.11. The summed E-state index contributed by atoms with van der Waals surface area (Å²) in [4.78, 5) is 17.5.